The molecule has 1 aromatic rings. The molecule has 3 aliphatic rings. The highest BCUT2D eigenvalue weighted by molar-refractivity contribution is 6.34. The normalized spacial score (nSPS) is 21.3. The van der Waals surface area contributed by atoms with Gasteiger partial charge >= 0.3 is 6.03 Å². The van der Waals surface area contributed by atoms with Crippen molar-refractivity contribution < 1.29 is 14.4 Å². The second-order valence-corrected chi connectivity index (χ2v) is 8.94. The Balaban J connectivity index is 1.33. The summed E-state index contributed by atoms with van der Waals surface area (Å²) in [6, 6.07) is 4.49. The van der Waals surface area contributed by atoms with E-state index in [1.165, 1.54) is 24.2 Å². The quantitative estimate of drug-likeness (QED) is 0.720. The molecule has 2 N–H and O–H groups in total. The Morgan fingerprint density at radius 3 is 2.52 bits per heavy atom. The Kier molecular flexibility index (Phi) is 7.09. The predicted octanol–water partition coefficient (Wildman–Crippen LogP) is 1.93. The number of piperazine rings is 1. The minimum Gasteiger partial charge on any atom is -0.336 e. The Bertz CT molecular complexity index is 834. The van der Waals surface area contributed by atoms with Crippen LogP contribution in [0.2, 0.25) is 5.02 Å². The molecule has 31 heavy (non-hydrogen) atoms. The maximum Gasteiger partial charge on any atom is 0.328 e. The summed E-state index contributed by atoms with van der Waals surface area (Å²) in [5, 5.41) is 6.08. The third-order valence-electron chi connectivity index (χ3n) is 6.51. The fourth-order valence-corrected chi connectivity index (χ4v) is 4.76. The van der Waals surface area contributed by atoms with Gasteiger partial charge in [0.05, 0.1) is 10.7 Å². The van der Waals surface area contributed by atoms with Crippen LogP contribution in [-0.2, 0) is 4.79 Å². The molecule has 8 nitrogen and oxygen atoms in total. The van der Waals surface area contributed by atoms with Gasteiger partial charge in [-0.05, 0) is 63.0 Å². The minimum atomic E-state index is -0.509. The minimum absolute atomic E-state index is 0.0515. The van der Waals surface area contributed by atoms with Crippen LogP contribution in [0.25, 0.3) is 0 Å². The van der Waals surface area contributed by atoms with Crippen LogP contribution in [0.4, 0.5) is 10.5 Å². The molecule has 0 unspecified atom stereocenters. The third-order valence-corrected chi connectivity index (χ3v) is 6.83. The van der Waals surface area contributed by atoms with E-state index in [9.17, 15) is 14.4 Å². The van der Waals surface area contributed by atoms with Crippen LogP contribution in [0.5, 0.6) is 0 Å². The standard InChI is InChI=1S/C22H30ClN5O3/c23-18-2-1-17(15-19(18)28-10-6-20(29)25-22(28)31)21(30)27-13-11-26(12-14-27)9-5-16-3-7-24-8-4-16/h1-2,15-16,24H,3-14H2,(H,25,29,31). The SMILES string of the molecule is O=C1CCN(c2cc(C(=O)N3CCN(CCC4CCNCC4)CC3)ccc2Cl)C(=O)N1. The van der Waals surface area contributed by atoms with Gasteiger partial charge in [0, 0.05) is 44.7 Å². The molecule has 4 amide bonds. The van der Waals surface area contributed by atoms with Crippen LogP contribution in [0.1, 0.15) is 36.0 Å². The average molecular weight is 448 g/mol. The zero-order valence-corrected chi connectivity index (χ0v) is 18.5. The summed E-state index contributed by atoms with van der Waals surface area (Å²) in [4.78, 5) is 42.4. The summed E-state index contributed by atoms with van der Waals surface area (Å²) in [5.41, 5.74) is 0.963. The Labute approximate surface area is 187 Å². The van der Waals surface area contributed by atoms with E-state index in [2.05, 4.69) is 15.5 Å². The summed E-state index contributed by atoms with van der Waals surface area (Å²) in [6.07, 6.45) is 3.97. The van der Waals surface area contributed by atoms with E-state index >= 15 is 0 Å². The summed E-state index contributed by atoms with van der Waals surface area (Å²) >= 11 is 6.30. The number of nitrogens with one attached hydrogen (secondary N) is 2. The Hall–Kier alpha value is -2.16. The van der Waals surface area contributed by atoms with Crippen molar-refractivity contribution >= 4 is 35.1 Å². The van der Waals surface area contributed by atoms with Gasteiger partial charge < -0.3 is 10.2 Å². The number of rotatable bonds is 5. The van der Waals surface area contributed by atoms with Crippen molar-refractivity contribution in [2.45, 2.75) is 25.7 Å². The zero-order chi connectivity index (χ0) is 21.8. The van der Waals surface area contributed by atoms with E-state index in [0.29, 0.717) is 29.4 Å². The summed E-state index contributed by atoms with van der Waals surface area (Å²) in [7, 11) is 0. The molecule has 168 valence electrons. The van der Waals surface area contributed by atoms with Gasteiger partial charge in [-0.3, -0.25) is 24.7 Å². The third kappa shape index (κ3) is 5.37. The number of nitrogens with zero attached hydrogens (tertiary/aromatic N) is 3. The van der Waals surface area contributed by atoms with E-state index in [1.54, 1.807) is 18.2 Å². The van der Waals surface area contributed by atoms with Gasteiger partial charge in [-0.1, -0.05) is 11.6 Å². The summed E-state index contributed by atoms with van der Waals surface area (Å²) in [5.74, 6) is 0.461. The molecule has 1 aromatic carbocycles. The first-order valence-corrected chi connectivity index (χ1v) is 11.5. The first-order chi connectivity index (χ1) is 15.0. The molecular weight excluding hydrogens is 418 g/mol. The van der Waals surface area contributed by atoms with Gasteiger partial charge in [0.25, 0.3) is 5.91 Å². The lowest BCUT2D eigenvalue weighted by Crippen LogP contribution is -2.50. The van der Waals surface area contributed by atoms with Gasteiger partial charge in [0.2, 0.25) is 5.91 Å². The van der Waals surface area contributed by atoms with E-state index in [0.717, 1.165) is 38.6 Å². The Morgan fingerprint density at radius 2 is 1.81 bits per heavy atom. The van der Waals surface area contributed by atoms with Gasteiger partial charge in [0.1, 0.15) is 0 Å². The number of carbonyl (C=O) groups excluding carboxylic acids is 3. The number of piperidine rings is 1. The number of amides is 4. The molecule has 0 bridgehead atoms. The summed E-state index contributed by atoms with van der Waals surface area (Å²) < 4.78 is 0. The van der Waals surface area contributed by atoms with Gasteiger partial charge in [0.15, 0.2) is 0 Å². The highest BCUT2D eigenvalue weighted by Crippen LogP contribution is 2.29. The van der Waals surface area contributed by atoms with Gasteiger partial charge in [-0.25, -0.2) is 4.79 Å². The summed E-state index contributed by atoms with van der Waals surface area (Å²) in [6.45, 7) is 6.76. The topological polar surface area (TPSA) is 85.0 Å². The number of hydrogen-bond donors (Lipinski definition) is 2. The molecule has 3 aliphatic heterocycles. The molecule has 3 fully saturated rings. The van der Waals surface area contributed by atoms with Crippen molar-refractivity contribution in [1.29, 1.82) is 0 Å². The molecule has 0 radical (unpaired) electrons. The molecule has 0 saturated carbocycles. The van der Waals surface area contributed by atoms with E-state index in [1.807, 2.05) is 4.90 Å². The number of carbonyl (C=O) groups is 3. The van der Waals surface area contributed by atoms with Crippen LogP contribution < -0.4 is 15.5 Å². The lowest BCUT2D eigenvalue weighted by Gasteiger charge is -2.36. The molecule has 3 saturated heterocycles. The number of halogens is 1. The highest BCUT2D eigenvalue weighted by Gasteiger charge is 2.28. The number of hydrogen-bond acceptors (Lipinski definition) is 5. The van der Waals surface area contributed by atoms with Crippen LogP contribution in [0.15, 0.2) is 18.2 Å². The lowest BCUT2D eigenvalue weighted by molar-refractivity contribution is -0.120. The molecular formula is C22H30ClN5O3. The van der Waals surface area contributed by atoms with Gasteiger partial charge in [-0.15, -0.1) is 0 Å². The lowest BCUT2D eigenvalue weighted by atomic mass is 9.94. The first kappa shape index (κ1) is 22.0. The zero-order valence-electron chi connectivity index (χ0n) is 17.7. The largest absolute Gasteiger partial charge is 0.336 e. The molecule has 3 heterocycles. The van der Waals surface area contributed by atoms with E-state index in [-0.39, 0.29) is 24.8 Å². The molecule has 0 atom stereocenters. The van der Waals surface area contributed by atoms with Crippen molar-refractivity contribution in [3.8, 4) is 0 Å². The van der Waals surface area contributed by atoms with Crippen LogP contribution in [0.3, 0.4) is 0 Å². The fourth-order valence-electron chi connectivity index (χ4n) is 4.54. The van der Waals surface area contributed by atoms with E-state index in [4.69, 9.17) is 11.6 Å². The smallest absolute Gasteiger partial charge is 0.328 e. The van der Waals surface area contributed by atoms with Crippen LogP contribution in [-0.4, -0.2) is 80.0 Å². The van der Waals surface area contributed by atoms with Crippen molar-refractivity contribution in [2.24, 2.45) is 5.92 Å². The van der Waals surface area contributed by atoms with Crippen molar-refractivity contribution in [2.75, 3.05) is 57.3 Å². The predicted molar refractivity (Wildman–Crippen MR) is 120 cm³/mol. The molecule has 4 rings (SSSR count). The average Bonchev–Trinajstić information content (AvgIpc) is 2.79. The maximum atomic E-state index is 13.1. The highest BCUT2D eigenvalue weighted by atomic mass is 35.5. The molecule has 0 aliphatic carbocycles. The first-order valence-electron chi connectivity index (χ1n) is 11.1. The second-order valence-electron chi connectivity index (χ2n) is 8.54. The number of anilines is 1. The van der Waals surface area contributed by atoms with Crippen molar-refractivity contribution in [1.82, 2.24) is 20.4 Å². The van der Waals surface area contributed by atoms with Crippen molar-refractivity contribution in [3.63, 3.8) is 0 Å². The van der Waals surface area contributed by atoms with Gasteiger partial charge in [-0.2, -0.15) is 0 Å². The van der Waals surface area contributed by atoms with Crippen LogP contribution >= 0.6 is 11.6 Å². The fraction of sp³-hybridized carbons (Fsp3) is 0.591. The Morgan fingerprint density at radius 1 is 1.06 bits per heavy atom. The number of benzene rings is 1. The maximum absolute atomic E-state index is 13.1. The van der Waals surface area contributed by atoms with Crippen molar-refractivity contribution in [3.05, 3.63) is 28.8 Å². The molecule has 0 spiro atoms. The number of imide groups is 1. The van der Waals surface area contributed by atoms with Crippen LogP contribution in [0, 0.1) is 5.92 Å². The van der Waals surface area contributed by atoms with E-state index < -0.39 is 6.03 Å². The molecule has 0 aromatic heterocycles. The number of urea groups is 1. The molecule has 9 heteroatoms. The monoisotopic (exact) mass is 447 g/mol. The second kappa shape index (κ2) is 9.97.